The Labute approximate surface area is 178 Å². The summed E-state index contributed by atoms with van der Waals surface area (Å²) < 4.78 is 29.5. The van der Waals surface area contributed by atoms with E-state index in [1.165, 1.54) is 0 Å². The number of fused-ring (bicyclic) bond motifs is 5. The van der Waals surface area contributed by atoms with E-state index in [0.717, 1.165) is 5.56 Å². The van der Waals surface area contributed by atoms with E-state index in [-0.39, 0.29) is 29.7 Å². The Bertz CT molecular complexity index is 1230. The van der Waals surface area contributed by atoms with E-state index in [0.29, 0.717) is 42.2 Å². The highest BCUT2D eigenvalue weighted by Crippen LogP contribution is 2.48. The number of halogens is 1. The van der Waals surface area contributed by atoms with Gasteiger partial charge in [-0.05, 0) is 31.9 Å². The molecule has 0 radical (unpaired) electrons. The van der Waals surface area contributed by atoms with Gasteiger partial charge in [-0.2, -0.15) is 0 Å². The molecular formula is C22H23FN6O2. The summed E-state index contributed by atoms with van der Waals surface area (Å²) in [5.41, 5.74) is 1.70. The number of aliphatic imine (C=N–C) groups is 2. The highest BCUT2D eigenvalue weighted by Gasteiger charge is 2.52. The van der Waals surface area contributed by atoms with Gasteiger partial charge in [0.25, 0.3) is 0 Å². The number of hydrogen-bond acceptors (Lipinski definition) is 7. The third-order valence-electron chi connectivity index (χ3n) is 6.63. The minimum Gasteiger partial charge on any atom is -0.372 e. The first-order valence-corrected chi connectivity index (χ1v) is 10.5. The molecule has 0 N–H and O–H groups in total. The van der Waals surface area contributed by atoms with Crippen molar-refractivity contribution < 1.29 is 13.7 Å². The minimum absolute atomic E-state index is 0.0281. The summed E-state index contributed by atoms with van der Waals surface area (Å²) in [5.74, 6) is 0.252. The normalized spacial score (nSPS) is 26.5. The van der Waals surface area contributed by atoms with Crippen LogP contribution in [0, 0.1) is 11.2 Å². The number of rotatable bonds is 1. The van der Waals surface area contributed by atoms with Gasteiger partial charge in [0.2, 0.25) is 5.58 Å². The number of anilines is 1. The molecule has 0 bridgehead atoms. The molecule has 8 nitrogen and oxygen atoms in total. The molecule has 6 rings (SSSR count). The number of aromatic nitrogens is 3. The minimum atomic E-state index is -0.453. The Morgan fingerprint density at radius 3 is 2.77 bits per heavy atom. The number of morpholine rings is 1. The molecule has 0 amide bonds. The highest BCUT2D eigenvalue weighted by atomic mass is 19.1. The first-order valence-electron chi connectivity index (χ1n) is 10.5. The Morgan fingerprint density at radius 2 is 2.03 bits per heavy atom. The van der Waals surface area contributed by atoms with Gasteiger partial charge in [-0.1, -0.05) is 5.16 Å². The lowest BCUT2D eigenvalue weighted by atomic mass is 9.69. The molecular weight excluding hydrogens is 399 g/mol. The van der Waals surface area contributed by atoms with E-state index in [9.17, 15) is 0 Å². The van der Waals surface area contributed by atoms with Crippen LogP contribution < -0.4 is 4.90 Å². The van der Waals surface area contributed by atoms with Crippen LogP contribution >= 0.6 is 0 Å². The maximum atomic E-state index is 16.0. The van der Waals surface area contributed by atoms with Crippen LogP contribution in [0.25, 0.3) is 22.5 Å². The van der Waals surface area contributed by atoms with Crippen LogP contribution in [0.1, 0.15) is 19.4 Å². The molecule has 31 heavy (non-hydrogen) atoms. The van der Waals surface area contributed by atoms with Crippen LogP contribution in [0.15, 0.2) is 33.0 Å². The molecule has 160 valence electrons. The zero-order valence-electron chi connectivity index (χ0n) is 17.6. The van der Waals surface area contributed by atoms with Gasteiger partial charge in [0.05, 0.1) is 34.7 Å². The molecule has 5 heterocycles. The summed E-state index contributed by atoms with van der Waals surface area (Å²) >= 11 is 0. The van der Waals surface area contributed by atoms with Crippen molar-refractivity contribution in [3.8, 4) is 11.5 Å². The smallest absolute Gasteiger partial charge is 0.205 e. The van der Waals surface area contributed by atoms with Gasteiger partial charge in [0.15, 0.2) is 17.3 Å². The lowest BCUT2D eigenvalue weighted by molar-refractivity contribution is -0.0432. The molecule has 1 saturated heterocycles. The Morgan fingerprint density at radius 1 is 1.23 bits per heavy atom. The Hall–Kier alpha value is -3.07. The van der Waals surface area contributed by atoms with Gasteiger partial charge in [-0.25, -0.2) is 9.37 Å². The van der Waals surface area contributed by atoms with Crippen molar-refractivity contribution in [1.82, 2.24) is 14.7 Å². The summed E-state index contributed by atoms with van der Waals surface area (Å²) in [6.45, 7) is 5.06. The fourth-order valence-electron chi connectivity index (χ4n) is 5.55. The molecule has 3 aliphatic rings. The fraction of sp³-hybridized carbons (Fsp3) is 0.455. The standard InChI is InChI=1S/C22H23FN6O2/c1-12-8-29-18-14(7-22(9-24-11-25-10-22)20(29)13(2)30-12)6-15-17(21-26-4-5-28(21)3)27-31-19(15)16(18)23/h4-6,9-10,12-13,20H,7-8,11H2,1-3H3/t12-,13+,20-/m0/s1. The average molecular weight is 422 g/mol. The number of benzene rings is 1. The third kappa shape index (κ3) is 2.56. The van der Waals surface area contributed by atoms with Gasteiger partial charge < -0.3 is 18.7 Å². The number of nitrogens with zero attached hydrogens (tertiary/aromatic N) is 6. The van der Waals surface area contributed by atoms with Crippen molar-refractivity contribution in [3.05, 3.63) is 29.8 Å². The molecule has 1 fully saturated rings. The van der Waals surface area contributed by atoms with E-state index in [4.69, 9.17) is 9.26 Å². The summed E-state index contributed by atoms with van der Waals surface area (Å²) in [7, 11) is 1.88. The fourth-order valence-corrected chi connectivity index (χ4v) is 5.55. The van der Waals surface area contributed by atoms with Crippen LogP contribution in [0.2, 0.25) is 0 Å². The Balaban J connectivity index is 1.60. The van der Waals surface area contributed by atoms with E-state index in [2.05, 4.69) is 25.0 Å². The lowest BCUT2D eigenvalue weighted by Crippen LogP contribution is -2.65. The molecule has 3 atom stereocenters. The molecule has 1 spiro atoms. The molecule has 9 heteroatoms. The van der Waals surface area contributed by atoms with E-state index < -0.39 is 5.41 Å². The van der Waals surface area contributed by atoms with Crippen molar-refractivity contribution in [2.75, 3.05) is 18.1 Å². The second-order valence-electron chi connectivity index (χ2n) is 8.77. The maximum absolute atomic E-state index is 16.0. The predicted molar refractivity (Wildman–Crippen MR) is 115 cm³/mol. The number of aryl methyl sites for hydroxylation is 1. The van der Waals surface area contributed by atoms with Crippen molar-refractivity contribution in [3.63, 3.8) is 0 Å². The van der Waals surface area contributed by atoms with Crippen LogP contribution in [-0.2, 0) is 18.2 Å². The summed E-state index contributed by atoms with van der Waals surface area (Å²) in [5, 5.41) is 4.80. The van der Waals surface area contributed by atoms with Gasteiger partial charge in [0.1, 0.15) is 6.67 Å². The van der Waals surface area contributed by atoms with Crippen LogP contribution in [0.5, 0.6) is 0 Å². The molecule has 2 aromatic heterocycles. The highest BCUT2D eigenvalue weighted by molar-refractivity contribution is 5.98. The molecule has 0 unspecified atom stereocenters. The summed E-state index contributed by atoms with van der Waals surface area (Å²) in [4.78, 5) is 15.4. The number of imidazole rings is 1. The molecule has 3 aromatic rings. The number of hydrogen-bond donors (Lipinski definition) is 0. The van der Waals surface area contributed by atoms with Crippen molar-refractivity contribution in [2.24, 2.45) is 22.4 Å². The maximum Gasteiger partial charge on any atom is 0.205 e. The van der Waals surface area contributed by atoms with Gasteiger partial charge in [-0.3, -0.25) is 9.98 Å². The third-order valence-corrected chi connectivity index (χ3v) is 6.63. The van der Waals surface area contributed by atoms with Crippen molar-refractivity contribution in [1.29, 1.82) is 0 Å². The van der Waals surface area contributed by atoms with Gasteiger partial charge >= 0.3 is 0 Å². The molecule has 0 aliphatic carbocycles. The van der Waals surface area contributed by atoms with Crippen LogP contribution in [0.4, 0.5) is 10.1 Å². The van der Waals surface area contributed by atoms with Crippen LogP contribution in [0.3, 0.4) is 0 Å². The average Bonchev–Trinajstić information content (AvgIpc) is 3.33. The first-order chi connectivity index (χ1) is 15.0. The van der Waals surface area contributed by atoms with Crippen molar-refractivity contribution in [2.45, 2.75) is 38.5 Å². The van der Waals surface area contributed by atoms with Gasteiger partial charge in [0, 0.05) is 38.4 Å². The SMILES string of the molecule is C[C@H]1CN2c3c(cc4c(-c5nccn5C)noc4c3F)CC3(C=NCN=C3)[C@@H]2[C@@H](C)O1. The Kier molecular flexibility index (Phi) is 3.89. The molecule has 1 aromatic carbocycles. The molecule has 3 aliphatic heterocycles. The van der Waals surface area contributed by atoms with E-state index in [1.54, 1.807) is 6.20 Å². The predicted octanol–water partition coefficient (Wildman–Crippen LogP) is 3.00. The van der Waals surface area contributed by atoms with E-state index in [1.807, 2.05) is 50.2 Å². The largest absolute Gasteiger partial charge is 0.372 e. The lowest BCUT2D eigenvalue weighted by Gasteiger charge is -2.54. The number of ether oxygens (including phenoxy) is 1. The second-order valence-corrected chi connectivity index (χ2v) is 8.77. The summed E-state index contributed by atoms with van der Waals surface area (Å²) in [6.07, 6.45) is 7.92. The zero-order chi connectivity index (χ0) is 21.3. The quantitative estimate of drug-likeness (QED) is 0.602. The van der Waals surface area contributed by atoms with Crippen LogP contribution in [-0.4, -0.2) is 58.6 Å². The monoisotopic (exact) mass is 422 g/mol. The molecule has 0 saturated carbocycles. The second kappa shape index (κ2) is 6.46. The van der Waals surface area contributed by atoms with Crippen molar-refractivity contribution >= 4 is 29.1 Å². The summed E-state index contributed by atoms with van der Waals surface area (Å²) in [6, 6.07) is 1.89. The van der Waals surface area contributed by atoms with E-state index >= 15 is 4.39 Å². The van der Waals surface area contributed by atoms with Gasteiger partial charge in [-0.15, -0.1) is 0 Å². The topological polar surface area (TPSA) is 81.0 Å². The zero-order valence-corrected chi connectivity index (χ0v) is 17.6. The first kappa shape index (κ1) is 18.7.